The van der Waals surface area contributed by atoms with Crippen LogP contribution in [-0.2, 0) is 0 Å². The van der Waals surface area contributed by atoms with Gasteiger partial charge >= 0.3 is 0 Å². The summed E-state index contributed by atoms with van der Waals surface area (Å²) in [6, 6.07) is 10.8. The van der Waals surface area contributed by atoms with Crippen molar-refractivity contribution in [3.05, 3.63) is 42.2 Å². The molecule has 0 spiro atoms. The number of anilines is 1. The van der Waals surface area contributed by atoms with Gasteiger partial charge in [0.05, 0.1) is 0 Å². The molecule has 2 heterocycles. The number of rotatable bonds is 2. The predicted octanol–water partition coefficient (Wildman–Crippen LogP) is 2.83. The topological polar surface area (TPSA) is 88.7 Å². The standard InChI is InChI=1S/C13H8N4OS/c14-7-9-6-10(3-4-16-9)19-13-17-11-2-1-8(15)5-12(11)18-13/h1-6H,15H2. The van der Waals surface area contributed by atoms with Crippen LogP contribution in [0.15, 0.2) is 51.1 Å². The first-order valence-corrected chi connectivity index (χ1v) is 6.26. The van der Waals surface area contributed by atoms with E-state index in [1.54, 1.807) is 30.5 Å². The van der Waals surface area contributed by atoms with Gasteiger partial charge in [-0.3, -0.25) is 0 Å². The number of benzene rings is 1. The Balaban J connectivity index is 1.94. The van der Waals surface area contributed by atoms with E-state index in [2.05, 4.69) is 9.97 Å². The van der Waals surface area contributed by atoms with Gasteiger partial charge in [0.2, 0.25) is 0 Å². The fourth-order valence-corrected chi connectivity index (χ4v) is 2.38. The van der Waals surface area contributed by atoms with E-state index in [0.29, 0.717) is 22.2 Å². The van der Waals surface area contributed by atoms with E-state index in [1.165, 1.54) is 11.8 Å². The van der Waals surface area contributed by atoms with Crippen molar-refractivity contribution in [3.63, 3.8) is 0 Å². The van der Waals surface area contributed by atoms with Gasteiger partial charge in [-0.05, 0) is 36.0 Å². The Morgan fingerprint density at radius 3 is 3.00 bits per heavy atom. The molecule has 0 bridgehead atoms. The summed E-state index contributed by atoms with van der Waals surface area (Å²) in [5, 5.41) is 9.31. The molecular weight excluding hydrogens is 260 g/mol. The lowest BCUT2D eigenvalue weighted by molar-refractivity contribution is 0.489. The highest BCUT2D eigenvalue weighted by molar-refractivity contribution is 7.99. The minimum absolute atomic E-state index is 0.366. The second-order valence-electron chi connectivity index (χ2n) is 3.80. The van der Waals surface area contributed by atoms with Gasteiger partial charge in [0.1, 0.15) is 17.3 Å². The number of nitriles is 1. The Morgan fingerprint density at radius 1 is 1.26 bits per heavy atom. The Bertz CT molecular complexity index is 791. The smallest absolute Gasteiger partial charge is 0.261 e. The Hall–Kier alpha value is -2.52. The first-order chi connectivity index (χ1) is 9.24. The third-order valence-electron chi connectivity index (χ3n) is 2.44. The van der Waals surface area contributed by atoms with Gasteiger partial charge in [-0.1, -0.05) is 0 Å². The monoisotopic (exact) mass is 268 g/mol. The van der Waals surface area contributed by atoms with Crippen LogP contribution < -0.4 is 5.73 Å². The molecule has 0 unspecified atom stereocenters. The van der Waals surface area contributed by atoms with Crippen LogP contribution in [0.3, 0.4) is 0 Å². The molecule has 92 valence electrons. The van der Waals surface area contributed by atoms with Crippen LogP contribution in [0.4, 0.5) is 5.69 Å². The van der Waals surface area contributed by atoms with Gasteiger partial charge in [-0.2, -0.15) is 5.26 Å². The summed E-state index contributed by atoms with van der Waals surface area (Å²) in [5.74, 6) is 0. The van der Waals surface area contributed by atoms with E-state index in [9.17, 15) is 0 Å². The highest BCUT2D eigenvalue weighted by Gasteiger charge is 2.08. The largest absolute Gasteiger partial charge is 0.431 e. The van der Waals surface area contributed by atoms with Crippen LogP contribution >= 0.6 is 11.8 Å². The summed E-state index contributed by atoms with van der Waals surface area (Å²) < 4.78 is 5.59. The molecule has 0 aliphatic rings. The van der Waals surface area contributed by atoms with Gasteiger partial charge in [-0.25, -0.2) is 9.97 Å². The van der Waals surface area contributed by atoms with Gasteiger partial charge in [-0.15, -0.1) is 0 Å². The lowest BCUT2D eigenvalue weighted by Crippen LogP contribution is -1.82. The lowest BCUT2D eigenvalue weighted by atomic mass is 10.3. The van der Waals surface area contributed by atoms with E-state index >= 15 is 0 Å². The molecule has 0 amide bonds. The molecule has 0 fully saturated rings. The average Bonchev–Trinajstić information content (AvgIpc) is 2.80. The van der Waals surface area contributed by atoms with E-state index in [-0.39, 0.29) is 0 Å². The molecule has 3 aromatic rings. The van der Waals surface area contributed by atoms with Crippen molar-refractivity contribution in [2.24, 2.45) is 0 Å². The van der Waals surface area contributed by atoms with Crippen molar-refractivity contribution < 1.29 is 4.42 Å². The summed E-state index contributed by atoms with van der Waals surface area (Å²) in [6.07, 6.45) is 1.58. The van der Waals surface area contributed by atoms with Crippen LogP contribution in [0, 0.1) is 11.3 Å². The van der Waals surface area contributed by atoms with Gasteiger partial charge in [0.15, 0.2) is 5.58 Å². The third-order valence-corrected chi connectivity index (χ3v) is 3.28. The average molecular weight is 268 g/mol. The van der Waals surface area contributed by atoms with E-state index in [1.807, 2.05) is 12.1 Å². The predicted molar refractivity (Wildman–Crippen MR) is 71.5 cm³/mol. The number of oxazole rings is 1. The zero-order chi connectivity index (χ0) is 13.2. The number of fused-ring (bicyclic) bond motifs is 1. The maximum atomic E-state index is 8.80. The number of nitrogen functional groups attached to an aromatic ring is 1. The fourth-order valence-electron chi connectivity index (χ4n) is 1.60. The number of nitrogens with two attached hydrogens (primary N) is 1. The van der Waals surface area contributed by atoms with Crippen molar-refractivity contribution in [2.75, 3.05) is 5.73 Å². The van der Waals surface area contributed by atoms with Crippen LogP contribution in [0.25, 0.3) is 11.1 Å². The summed E-state index contributed by atoms with van der Waals surface area (Å²) in [6.45, 7) is 0. The Labute approximate surface area is 113 Å². The third kappa shape index (κ3) is 2.37. The highest BCUT2D eigenvalue weighted by atomic mass is 32.2. The fraction of sp³-hybridized carbons (Fsp3) is 0. The van der Waals surface area contributed by atoms with Crippen molar-refractivity contribution >= 4 is 28.5 Å². The maximum Gasteiger partial charge on any atom is 0.261 e. The number of pyridine rings is 1. The van der Waals surface area contributed by atoms with Crippen molar-refractivity contribution in [3.8, 4) is 6.07 Å². The quantitative estimate of drug-likeness (QED) is 0.719. The van der Waals surface area contributed by atoms with Crippen LogP contribution in [0.2, 0.25) is 0 Å². The molecule has 0 saturated carbocycles. The number of aromatic nitrogens is 2. The molecule has 0 radical (unpaired) electrons. The molecule has 2 aromatic heterocycles. The van der Waals surface area contributed by atoms with E-state index < -0.39 is 0 Å². The van der Waals surface area contributed by atoms with Crippen molar-refractivity contribution in [1.29, 1.82) is 5.26 Å². The van der Waals surface area contributed by atoms with Crippen LogP contribution in [0.1, 0.15) is 5.69 Å². The molecule has 0 saturated heterocycles. The first kappa shape index (κ1) is 11.6. The SMILES string of the molecule is N#Cc1cc(Sc2nc3ccc(N)cc3o2)ccn1. The first-order valence-electron chi connectivity index (χ1n) is 5.45. The summed E-state index contributed by atoms with van der Waals surface area (Å²) in [5.41, 5.74) is 8.09. The summed E-state index contributed by atoms with van der Waals surface area (Å²) in [4.78, 5) is 9.11. The van der Waals surface area contributed by atoms with Gasteiger partial charge in [0.25, 0.3) is 5.22 Å². The molecule has 0 aliphatic carbocycles. The molecule has 0 atom stereocenters. The Morgan fingerprint density at radius 2 is 2.16 bits per heavy atom. The zero-order valence-corrected chi connectivity index (χ0v) is 10.5. The number of hydrogen-bond acceptors (Lipinski definition) is 6. The second-order valence-corrected chi connectivity index (χ2v) is 4.82. The number of hydrogen-bond donors (Lipinski definition) is 1. The molecule has 6 heteroatoms. The molecule has 19 heavy (non-hydrogen) atoms. The van der Waals surface area contributed by atoms with Gasteiger partial charge in [0, 0.05) is 22.8 Å². The number of nitrogens with zero attached hydrogens (tertiary/aromatic N) is 3. The Kier molecular flexibility index (Phi) is 2.82. The molecule has 5 nitrogen and oxygen atoms in total. The molecule has 2 N–H and O–H groups in total. The highest BCUT2D eigenvalue weighted by Crippen LogP contribution is 2.30. The normalized spacial score (nSPS) is 10.5. The van der Waals surface area contributed by atoms with Gasteiger partial charge < -0.3 is 10.2 Å². The second kappa shape index (κ2) is 4.63. The molecule has 3 rings (SSSR count). The molecule has 0 aliphatic heterocycles. The minimum Gasteiger partial charge on any atom is -0.431 e. The van der Waals surface area contributed by atoms with E-state index in [0.717, 1.165) is 10.4 Å². The lowest BCUT2D eigenvalue weighted by Gasteiger charge is -1.95. The van der Waals surface area contributed by atoms with Crippen molar-refractivity contribution in [2.45, 2.75) is 10.1 Å². The summed E-state index contributed by atoms with van der Waals surface area (Å²) in [7, 11) is 0. The molecular formula is C13H8N4OS. The minimum atomic E-state index is 0.366. The maximum absolute atomic E-state index is 8.80. The van der Waals surface area contributed by atoms with Crippen LogP contribution in [-0.4, -0.2) is 9.97 Å². The zero-order valence-electron chi connectivity index (χ0n) is 9.70. The van der Waals surface area contributed by atoms with Crippen molar-refractivity contribution in [1.82, 2.24) is 9.97 Å². The molecule has 1 aromatic carbocycles. The van der Waals surface area contributed by atoms with E-state index in [4.69, 9.17) is 15.4 Å². The summed E-state index contributed by atoms with van der Waals surface area (Å²) >= 11 is 1.34. The van der Waals surface area contributed by atoms with Crippen LogP contribution in [0.5, 0.6) is 0 Å².